The van der Waals surface area contributed by atoms with E-state index in [1.165, 1.54) is 18.2 Å². The molecule has 0 atom stereocenters. The molecule has 3 aromatic carbocycles. The average molecular weight is 406 g/mol. The monoisotopic (exact) mass is 406 g/mol. The number of aryl methyl sites for hydroxylation is 2. The first kappa shape index (κ1) is 20.9. The summed E-state index contributed by atoms with van der Waals surface area (Å²) in [5, 5.41) is 39.2. The van der Waals surface area contributed by atoms with E-state index < -0.39 is 0 Å². The van der Waals surface area contributed by atoms with Gasteiger partial charge < -0.3 is 20.4 Å². The number of benzene rings is 3. The summed E-state index contributed by atoms with van der Waals surface area (Å²) in [5.41, 5.74) is 2.49. The fraction of sp³-hybridized carbons (Fsp3) is 0.167. The fourth-order valence-corrected chi connectivity index (χ4v) is 3.19. The zero-order chi connectivity index (χ0) is 22.0. The lowest BCUT2D eigenvalue weighted by molar-refractivity contribution is 0.0991. The molecule has 154 valence electrons. The Morgan fingerprint density at radius 2 is 1.03 bits per heavy atom. The van der Waals surface area contributed by atoms with Gasteiger partial charge in [0, 0.05) is 47.2 Å². The molecule has 0 radical (unpaired) electrons. The number of hydrogen-bond donors (Lipinski definition) is 4. The minimum atomic E-state index is -0.284. The highest BCUT2D eigenvalue weighted by Crippen LogP contribution is 2.29. The lowest BCUT2D eigenvalue weighted by Gasteiger charge is -2.09. The van der Waals surface area contributed by atoms with E-state index in [4.69, 9.17) is 0 Å². The molecule has 0 aromatic heterocycles. The van der Waals surface area contributed by atoms with Crippen molar-refractivity contribution in [1.82, 2.24) is 0 Å². The van der Waals surface area contributed by atoms with Crippen molar-refractivity contribution < 1.29 is 30.0 Å². The Hall–Kier alpha value is -3.80. The van der Waals surface area contributed by atoms with Gasteiger partial charge in [-0.2, -0.15) is 0 Å². The summed E-state index contributed by atoms with van der Waals surface area (Å²) in [6, 6.07) is 11.8. The molecule has 6 nitrogen and oxygen atoms in total. The predicted octanol–water partition coefficient (Wildman–Crippen LogP) is 3.98. The van der Waals surface area contributed by atoms with Crippen molar-refractivity contribution in [2.75, 3.05) is 0 Å². The number of aromatic hydroxyl groups is 4. The molecular formula is C24H22O6. The second-order valence-electron chi connectivity index (χ2n) is 7.32. The Labute approximate surface area is 173 Å². The molecule has 0 aliphatic heterocycles. The third-order valence-corrected chi connectivity index (χ3v) is 5.00. The molecule has 0 bridgehead atoms. The Morgan fingerprint density at radius 1 is 0.633 bits per heavy atom. The highest BCUT2D eigenvalue weighted by molar-refractivity contribution is 6.03. The van der Waals surface area contributed by atoms with Crippen LogP contribution in [-0.4, -0.2) is 32.0 Å². The van der Waals surface area contributed by atoms with Crippen LogP contribution in [0.25, 0.3) is 0 Å². The predicted molar refractivity (Wildman–Crippen MR) is 112 cm³/mol. The van der Waals surface area contributed by atoms with Gasteiger partial charge in [-0.15, -0.1) is 0 Å². The highest BCUT2D eigenvalue weighted by atomic mass is 16.3. The lowest BCUT2D eigenvalue weighted by Crippen LogP contribution is -2.08. The Balaban J connectivity index is 1.80. The Morgan fingerprint density at radius 3 is 1.43 bits per heavy atom. The van der Waals surface area contributed by atoms with Crippen LogP contribution in [0.1, 0.15) is 43.0 Å². The molecule has 4 N–H and O–H groups in total. The van der Waals surface area contributed by atoms with E-state index in [-0.39, 0.29) is 47.4 Å². The SMILES string of the molecule is Cc1cc(CC(=O)c2cccc(C(=O)Cc3cc(C)c(O)cc3O)c2)c(O)cc1O. The number of carbonyl (C=O) groups is 2. The summed E-state index contributed by atoms with van der Waals surface area (Å²) in [5.74, 6) is -1.01. The lowest BCUT2D eigenvalue weighted by atomic mass is 9.96. The summed E-state index contributed by atoms with van der Waals surface area (Å²) in [6.07, 6.45) is -0.162. The van der Waals surface area contributed by atoms with Crippen LogP contribution in [0.15, 0.2) is 48.5 Å². The fourth-order valence-electron chi connectivity index (χ4n) is 3.19. The molecule has 0 unspecified atom stereocenters. The zero-order valence-corrected chi connectivity index (χ0v) is 16.6. The van der Waals surface area contributed by atoms with Crippen molar-refractivity contribution in [3.8, 4) is 23.0 Å². The Kier molecular flexibility index (Phi) is 5.78. The van der Waals surface area contributed by atoms with E-state index in [0.29, 0.717) is 33.4 Å². The van der Waals surface area contributed by atoms with Gasteiger partial charge in [-0.1, -0.05) is 18.2 Å². The molecule has 0 amide bonds. The molecule has 0 fully saturated rings. The van der Waals surface area contributed by atoms with Crippen molar-refractivity contribution >= 4 is 11.6 Å². The second-order valence-corrected chi connectivity index (χ2v) is 7.32. The molecule has 30 heavy (non-hydrogen) atoms. The van der Waals surface area contributed by atoms with Gasteiger partial charge in [0.15, 0.2) is 11.6 Å². The highest BCUT2D eigenvalue weighted by Gasteiger charge is 2.16. The van der Waals surface area contributed by atoms with Crippen LogP contribution >= 0.6 is 0 Å². The van der Waals surface area contributed by atoms with Crippen molar-refractivity contribution in [1.29, 1.82) is 0 Å². The molecule has 0 aliphatic carbocycles. The first-order chi connectivity index (χ1) is 14.2. The van der Waals surface area contributed by atoms with Gasteiger partial charge in [0.05, 0.1) is 0 Å². The maximum absolute atomic E-state index is 12.7. The standard InChI is InChI=1S/C24H22O6/c1-13-6-17(23(29)11-19(13)25)9-21(27)15-4-3-5-16(8-15)22(28)10-18-7-14(2)20(26)12-24(18)30/h3-8,11-12,25-26,29-30H,9-10H2,1-2H3. The van der Waals surface area contributed by atoms with E-state index in [1.807, 2.05) is 0 Å². The first-order valence-corrected chi connectivity index (χ1v) is 9.35. The largest absolute Gasteiger partial charge is 0.508 e. The van der Waals surface area contributed by atoms with Crippen molar-refractivity contribution in [2.45, 2.75) is 26.7 Å². The molecule has 0 aliphatic rings. The van der Waals surface area contributed by atoms with Gasteiger partial charge in [-0.3, -0.25) is 9.59 Å². The second kappa shape index (κ2) is 8.29. The Bertz CT molecular complexity index is 1060. The van der Waals surface area contributed by atoms with Crippen LogP contribution < -0.4 is 0 Å². The van der Waals surface area contributed by atoms with Crippen molar-refractivity contribution in [3.63, 3.8) is 0 Å². The van der Waals surface area contributed by atoms with Gasteiger partial charge in [0.2, 0.25) is 0 Å². The number of carbonyl (C=O) groups excluding carboxylic acids is 2. The van der Waals surface area contributed by atoms with Gasteiger partial charge in [-0.05, 0) is 43.2 Å². The van der Waals surface area contributed by atoms with Crippen molar-refractivity contribution in [3.05, 3.63) is 81.9 Å². The van der Waals surface area contributed by atoms with E-state index in [1.54, 1.807) is 44.2 Å². The maximum atomic E-state index is 12.7. The number of ketones is 2. The van der Waals surface area contributed by atoms with Crippen LogP contribution in [-0.2, 0) is 12.8 Å². The van der Waals surface area contributed by atoms with Crippen LogP contribution in [0.2, 0.25) is 0 Å². The average Bonchev–Trinajstić information content (AvgIpc) is 2.70. The molecule has 0 saturated carbocycles. The molecule has 3 rings (SSSR count). The molecule has 0 spiro atoms. The van der Waals surface area contributed by atoms with Gasteiger partial charge in [0.1, 0.15) is 23.0 Å². The minimum Gasteiger partial charge on any atom is -0.508 e. The molecule has 0 heterocycles. The van der Waals surface area contributed by atoms with Crippen LogP contribution in [0.3, 0.4) is 0 Å². The third kappa shape index (κ3) is 4.43. The van der Waals surface area contributed by atoms with Crippen molar-refractivity contribution in [2.24, 2.45) is 0 Å². The zero-order valence-electron chi connectivity index (χ0n) is 16.6. The molecular weight excluding hydrogens is 384 g/mol. The summed E-state index contributed by atoms with van der Waals surface area (Å²) in [7, 11) is 0. The van der Waals surface area contributed by atoms with Crippen LogP contribution in [0.4, 0.5) is 0 Å². The van der Waals surface area contributed by atoms with E-state index in [0.717, 1.165) is 0 Å². The maximum Gasteiger partial charge on any atom is 0.167 e. The van der Waals surface area contributed by atoms with E-state index >= 15 is 0 Å². The molecule has 3 aromatic rings. The minimum absolute atomic E-state index is 0.0518. The molecule has 0 saturated heterocycles. The van der Waals surface area contributed by atoms with E-state index in [9.17, 15) is 30.0 Å². The van der Waals surface area contributed by atoms with Gasteiger partial charge in [0.25, 0.3) is 0 Å². The number of Topliss-reactive ketones (excluding diaryl/α,β-unsaturated/α-hetero) is 2. The van der Waals surface area contributed by atoms with Crippen LogP contribution in [0.5, 0.6) is 23.0 Å². The normalized spacial score (nSPS) is 10.7. The van der Waals surface area contributed by atoms with Gasteiger partial charge in [-0.25, -0.2) is 0 Å². The quantitative estimate of drug-likeness (QED) is 0.460. The molecule has 6 heteroatoms. The number of hydrogen-bond acceptors (Lipinski definition) is 6. The van der Waals surface area contributed by atoms with Gasteiger partial charge >= 0.3 is 0 Å². The first-order valence-electron chi connectivity index (χ1n) is 9.35. The summed E-state index contributed by atoms with van der Waals surface area (Å²) < 4.78 is 0. The van der Waals surface area contributed by atoms with E-state index in [2.05, 4.69) is 0 Å². The third-order valence-electron chi connectivity index (χ3n) is 5.00. The topological polar surface area (TPSA) is 115 Å². The summed E-state index contributed by atoms with van der Waals surface area (Å²) in [6.45, 7) is 3.34. The number of rotatable bonds is 6. The summed E-state index contributed by atoms with van der Waals surface area (Å²) >= 11 is 0. The number of phenols is 4. The smallest absolute Gasteiger partial charge is 0.167 e. The van der Waals surface area contributed by atoms with Crippen LogP contribution in [0, 0.1) is 13.8 Å². The number of phenolic OH excluding ortho intramolecular Hbond substituents is 4. The summed E-state index contributed by atoms with van der Waals surface area (Å²) in [4.78, 5) is 25.4.